The number of rotatable bonds is 3. The number of hydrogen-bond acceptors (Lipinski definition) is 5. The lowest BCUT2D eigenvalue weighted by molar-refractivity contribution is 0.0172. The number of imidazole rings is 1. The van der Waals surface area contributed by atoms with Crippen molar-refractivity contribution in [1.82, 2.24) is 28.6 Å². The number of carbonyl (C=O) groups excluding carboxylic acids is 1. The van der Waals surface area contributed by atoms with Crippen LogP contribution in [-0.4, -0.2) is 53.4 Å². The van der Waals surface area contributed by atoms with Crippen LogP contribution in [-0.2, 0) is 11.3 Å². The number of aryl methyl sites for hydroxylation is 1. The number of fused-ring (bicyclic) bond motifs is 2. The highest BCUT2D eigenvalue weighted by molar-refractivity contribution is 5.82. The normalized spacial score (nSPS) is 16.9. The fraction of sp³-hybridized carbons (Fsp3) is 0.440. The topological polar surface area (TPSA) is 86.7 Å². The third-order valence-corrected chi connectivity index (χ3v) is 6.24. The number of pyridine rings is 2. The average Bonchev–Trinajstić information content (AvgIpc) is 3.35. The number of ether oxygens (including phenoxy) is 1. The Kier molecular flexibility index (Phi) is 5.42. The molecule has 0 N–H and O–H groups in total. The lowest BCUT2D eigenvalue weighted by atomic mass is 10.1. The molecule has 0 spiro atoms. The van der Waals surface area contributed by atoms with Crippen molar-refractivity contribution >= 4 is 22.8 Å². The Morgan fingerprint density at radius 1 is 1.18 bits per heavy atom. The summed E-state index contributed by atoms with van der Waals surface area (Å²) in [5.41, 5.74) is 3.38. The second-order valence-electron chi connectivity index (χ2n) is 9.75. The molecule has 1 fully saturated rings. The molecule has 0 aromatic carbocycles. The van der Waals surface area contributed by atoms with E-state index in [1.165, 1.54) is 0 Å². The van der Waals surface area contributed by atoms with E-state index in [0.717, 1.165) is 35.1 Å². The fourth-order valence-corrected chi connectivity index (χ4v) is 4.73. The van der Waals surface area contributed by atoms with Crippen LogP contribution >= 0.6 is 0 Å². The van der Waals surface area contributed by atoms with Crippen molar-refractivity contribution in [2.75, 3.05) is 13.1 Å². The molecular weight excluding hydrogens is 432 g/mol. The zero-order chi connectivity index (χ0) is 24.0. The Balaban J connectivity index is 1.58. The van der Waals surface area contributed by atoms with E-state index in [9.17, 15) is 9.59 Å². The van der Waals surface area contributed by atoms with Crippen molar-refractivity contribution in [1.29, 1.82) is 0 Å². The summed E-state index contributed by atoms with van der Waals surface area (Å²) in [5.74, 6) is 0. The van der Waals surface area contributed by atoms with Crippen LogP contribution in [0.1, 0.15) is 46.6 Å². The van der Waals surface area contributed by atoms with Crippen LogP contribution in [0.15, 0.2) is 47.5 Å². The van der Waals surface area contributed by atoms with Gasteiger partial charge in [-0.05, 0) is 64.8 Å². The number of piperidine rings is 1. The highest BCUT2D eigenvalue weighted by atomic mass is 16.6. The quantitative estimate of drug-likeness (QED) is 0.457. The van der Waals surface area contributed by atoms with Crippen molar-refractivity contribution in [3.8, 4) is 11.3 Å². The number of likely N-dealkylation sites (tertiary alicyclic amines) is 1. The Morgan fingerprint density at radius 3 is 2.76 bits per heavy atom. The number of aromatic nitrogens is 5. The van der Waals surface area contributed by atoms with Gasteiger partial charge in [0.1, 0.15) is 5.60 Å². The Bertz CT molecular complexity index is 1420. The maximum Gasteiger partial charge on any atom is 0.410 e. The van der Waals surface area contributed by atoms with Crippen molar-refractivity contribution < 1.29 is 9.53 Å². The Morgan fingerprint density at radius 2 is 2.00 bits per heavy atom. The van der Waals surface area contributed by atoms with E-state index in [-0.39, 0.29) is 17.8 Å². The van der Waals surface area contributed by atoms with Crippen LogP contribution in [0, 0.1) is 0 Å². The smallest absolute Gasteiger partial charge is 0.410 e. The molecule has 0 saturated carbocycles. The van der Waals surface area contributed by atoms with Gasteiger partial charge in [0.2, 0.25) is 0 Å². The number of amides is 1. The van der Waals surface area contributed by atoms with Crippen LogP contribution in [0.2, 0.25) is 0 Å². The van der Waals surface area contributed by atoms with Crippen LogP contribution in [0.5, 0.6) is 0 Å². The molecule has 34 heavy (non-hydrogen) atoms. The molecule has 0 bridgehead atoms. The highest BCUT2D eigenvalue weighted by Crippen LogP contribution is 2.28. The zero-order valence-corrected chi connectivity index (χ0v) is 20.1. The predicted molar refractivity (Wildman–Crippen MR) is 130 cm³/mol. The minimum absolute atomic E-state index is 0.0990. The van der Waals surface area contributed by atoms with Gasteiger partial charge in [-0.1, -0.05) is 6.07 Å². The molecule has 1 unspecified atom stereocenters. The van der Waals surface area contributed by atoms with E-state index in [1.54, 1.807) is 20.2 Å². The summed E-state index contributed by atoms with van der Waals surface area (Å²) < 4.78 is 10.9. The molecule has 178 valence electrons. The summed E-state index contributed by atoms with van der Waals surface area (Å²) in [4.78, 5) is 32.8. The molecule has 1 aliphatic rings. The van der Waals surface area contributed by atoms with Gasteiger partial charge < -0.3 is 9.64 Å². The van der Waals surface area contributed by atoms with Gasteiger partial charge >= 0.3 is 11.8 Å². The first kappa shape index (κ1) is 22.2. The molecule has 4 aromatic rings. The summed E-state index contributed by atoms with van der Waals surface area (Å²) in [6.45, 7) is 9.11. The van der Waals surface area contributed by atoms with E-state index < -0.39 is 5.60 Å². The van der Waals surface area contributed by atoms with Gasteiger partial charge in [0, 0.05) is 31.4 Å². The van der Waals surface area contributed by atoms with Gasteiger partial charge in [-0.25, -0.2) is 19.1 Å². The molecular formula is C25H30N6O3. The lowest BCUT2D eigenvalue weighted by Crippen LogP contribution is -2.45. The molecule has 1 amide bonds. The predicted octanol–water partition coefficient (Wildman–Crippen LogP) is 4.10. The zero-order valence-electron chi connectivity index (χ0n) is 20.1. The Hall–Kier alpha value is -3.62. The molecule has 9 nitrogen and oxygen atoms in total. The summed E-state index contributed by atoms with van der Waals surface area (Å²) >= 11 is 0. The second kappa shape index (κ2) is 8.30. The molecule has 1 atom stereocenters. The van der Waals surface area contributed by atoms with Gasteiger partial charge in [-0.3, -0.25) is 9.13 Å². The first-order chi connectivity index (χ1) is 16.3. The second-order valence-corrected chi connectivity index (χ2v) is 9.75. The van der Waals surface area contributed by atoms with Crippen molar-refractivity contribution in [2.45, 2.75) is 58.7 Å². The lowest BCUT2D eigenvalue weighted by Gasteiger charge is -2.34. The summed E-state index contributed by atoms with van der Waals surface area (Å²) in [6, 6.07) is 9.62. The minimum Gasteiger partial charge on any atom is -0.444 e. The van der Waals surface area contributed by atoms with Crippen molar-refractivity contribution in [3.05, 3.63) is 53.2 Å². The fourth-order valence-electron chi connectivity index (χ4n) is 4.73. The van der Waals surface area contributed by atoms with Crippen LogP contribution < -0.4 is 5.69 Å². The monoisotopic (exact) mass is 462 g/mol. The molecule has 9 heteroatoms. The molecule has 0 aliphatic carbocycles. The van der Waals surface area contributed by atoms with Gasteiger partial charge in [-0.15, -0.1) is 0 Å². The first-order valence-corrected chi connectivity index (χ1v) is 11.8. The molecule has 5 rings (SSSR count). The van der Waals surface area contributed by atoms with Crippen molar-refractivity contribution in [3.63, 3.8) is 0 Å². The molecule has 5 heterocycles. The average molecular weight is 463 g/mol. The third-order valence-electron chi connectivity index (χ3n) is 6.24. The van der Waals surface area contributed by atoms with Crippen molar-refractivity contribution in [2.24, 2.45) is 0 Å². The minimum atomic E-state index is -0.566. The van der Waals surface area contributed by atoms with Gasteiger partial charge in [0.25, 0.3) is 0 Å². The molecule has 4 aromatic heterocycles. The molecule has 0 radical (unpaired) electrons. The SMILES string of the molecule is CCn1c(=O)n(C2CCCN(C(=O)OC(C)(C)C)C2)c2nc(-c3cnn4ccccc34)ccc21. The largest absolute Gasteiger partial charge is 0.444 e. The maximum absolute atomic E-state index is 13.5. The highest BCUT2D eigenvalue weighted by Gasteiger charge is 2.31. The van der Waals surface area contributed by atoms with Gasteiger partial charge in [0.05, 0.1) is 29.0 Å². The van der Waals surface area contributed by atoms with E-state index in [0.29, 0.717) is 25.3 Å². The molecule has 1 aliphatic heterocycles. The summed E-state index contributed by atoms with van der Waals surface area (Å²) in [7, 11) is 0. The van der Waals surface area contributed by atoms with E-state index in [4.69, 9.17) is 9.72 Å². The summed E-state index contributed by atoms with van der Waals surface area (Å²) in [5, 5.41) is 4.43. The van der Waals surface area contributed by atoms with Crippen LogP contribution in [0.4, 0.5) is 4.79 Å². The van der Waals surface area contributed by atoms with E-state index in [2.05, 4.69) is 5.10 Å². The Labute approximate surface area is 197 Å². The van der Waals surface area contributed by atoms with Crippen LogP contribution in [0.25, 0.3) is 27.9 Å². The first-order valence-electron chi connectivity index (χ1n) is 11.8. The summed E-state index contributed by atoms with van der Waals surface area (Å²) in [6.07, 6.45) is 4.94. The van der Waals surface area contributed by atoms with E-state index >= 15 is 0 Å². The standard InChI is InChI=1S/C25H30N6O3/c1-5-29-21-12-11-19(18-15-26-30-14-7-6-10-20(18)30)27-22(21)31(23(29)32)17-9-8-13-28(16-17)24(33)34-25(2,3)4/h6-7,10-12,14-15,17H,5,8-9,13,16H2,1-4H3. The van der Waals surface area contributed by atoms with Gasteiger partial charge in [0.15, 0.2) is 5.65 Å². The number of nitrogens with zero attached hydrogens (tertiary/aromatic N) is 6. The number of hydrogen-bond donors (Lipinski definition) is 0. The number of carbonyl (C=O) groups is 1. The van der Waals surface area contributed by atoms with Gasteiger partial charge in [-0.2, -0.15) is 5.10 Å². The van der Waals surface area contributed by atoms with E-state index in [1.807, 2.05) is 68.7 Å². The third kappa shape index (κ3) is 3.85. The maximum atomic E-state index is 13.5. The van der Waals surface area contributed by atoms with Crippen LogP contribution in [0.3, 0.4) is 0 Å². The molecule has 1 saturated heterocycles.